The minimum Gasteiger partial charge on any atom is -0.465 e. The molecule has 1 amide bonds. The summed E-state index contributed by atoms with van der Waals surface area (Å²) >= 11 is 0. The lowest BCUT2D eigenvalue weighted by Crippen LogP contribution is -2.27. The Morgan fingerprint density at radius 2 is 2.50 bits per heavy atom. The number of nitrogens with one attached hydrogen (secondary N) is 1. The summed E-state index contributed by atoms with van der Waals surface area (Å²) in [6, 6.07) is 0. The van der Waals surface area contributed by atoms with Gasteiger partial charge in [0, 0.05) is 6.42 Å². The van der Waals surface area contributed by atoms with E-state index in [0.717, 1.165) is 6.42 Å². The summed E-state index contributed by atoms with van der Waals surface area (Å²) in [5.74, 6) is 2.46. The van der Waals surface area contributed by atoms with Crippen LogP contribution in [-0.4, -0.2) is 24.0 Å². The number of hydrogen-bond donors (Lipinski definition) is 2. The Balaban J connectivity index is 3.45. The molecule has 0 aromatic carbocycles. The van der Waals surface area contributed by atoms with Crippen molar-refractivity contribution in [3.8, 4) is 12.3 Å². The van der Waals surface area contributed by atoms with Gasteiger partial charge in [0.1, 0.15) is 6.73 Å². The van der Waals surface area contributed by atoms with E-state index in [-0.39, 0.29) is 12.8 Å². The SMILES string of the molecule is C#CCC(CC)OCNC(=O)O. The molecular formula is C8H13NO3. The number of hydrogen-bond acceptors (Lipinski definition) is 2. The van der Waals surface area contributed by atoms with E-state index in [1.54, 1.807) is 0 Å². The largest absolute Gasteiger partial charge is 0.465 e. The lowest BCUT2D eigenvalue weighted by molar-refractivity contribution is 0.0422. The molecule has 0 rings (SSSR count). The van der Waals surface area contributed by atoms with Gasteiger partial charge in [-0.2, -0.15) is 0 Å². The first-order valence-corrected chi connectivity index (χ1v) is 3.72. The van der Waals surface area contributed by atoms with Gasteiger partial charge in [0.15, 0.2) is 0 Å². The molecule has 0 spiro atoms. The van der Waals surface area contributed by atoms with Crippen LogP contribution in [0.25, 0.3) is 0 Å². The van der Waals surface area contributed by atoms with Crippen LogP contribution in [0.2, 0.25) is 0 Å². The van der Waals surface area contributed by atoms with Gasteiger partial charge in [-0.05, 0) is 6.42 Å². The molecule has 0 aliphatic heterocycles. The first-order valence-electron chi connectivity index (χ1n) is 3.72. The van der Waals surface area contributed by atoms with Gasteiger partial charge in [0.25, 0.3) is 0 Å². The molecule has 68 valence electrons. The number of ether oxygens (including phenoxy) is 1. The lowest BCUT2D eigenvalue weighted by atomic mass is 10.2. The third-order valence-electron chi connectivity index (χ3n) is 1.34. The summed E-state index contributed by atoms with van der Waals surface area (Å²) < 4.78 is 5.11. The van der Waals surface area contributed by atoms with E-state index in [1.165, 1.54) is 0 Å². The van der Waals surface area contributed by atoms with E-state index >= 15 is 0 Å². The Hall–Kier alpha value is -1.21. The summed E-state index contributed by atoms with van der Waals surface area (Å²) in [4.78, 5) is 10.00. The molecule has 4 heteroatoms. The van der Waals surface area contributed by atoms with Crippen molar-refractivity contribution in [1.82, 2.24) is 5.32 Å². The molecule has 0 bridgehead atoms. The number of rotatable bonds is 5. The normalized spacial score (nSPS) is 11.7. The predicted molar refractivity (Wildman–Crippen MR) is 44.6 cm³/mol. The molecule has 1 atom stereocenters. The Morgan fingerprint density at radius 3 is 2.92 bits per heavy atom. The standard InChI is InChI=1S/C8H13NO3/c1-3-5-7(4-2)12-6-9-8(10)11/h1,7,9H,4-6H2,2H3,(H,10,11). The highest BCUT2D eigenvalue weighted by Gasteiger charge is 2.04. The molecule has 0 aliphatic rings. The minimum atomic E-state index is -1.09. The van der Waals surface area contributed by atoms with Gasteiger partial charge < -0.3 is 9.84 Å². The molecule has 4 nitrogen and oxygen atoms in total. The Bertz CT molecular complexity index is 174. The Labute approximate surface area is 71.9 Å². The molecule has 0 saturated carbocycles. The summed E-state index contributed by atoms with van der Waals surface area (Å²) in [6.07, 6.45) is 5.22. The third-order valence-corrected chi connectivity index (χ3v) is 1.34. The first-order chi connectivity index (χ1) is 5.70. The van der Waals surface area contributed by atoms with Gasteiger partial charge in [-0.25, -0.2) is 4.79 Å². The van der Waals surface area contributed by atoms with Crippen molar-refractivity contribution < 1.29 is 14.6 Å². The molecule has 0 aliphatic carbocycles. The fourth-order valence-corrected chi connectivity index (χ4v) is 0.674. The maximum absolute atomic E-state index is 10.00. The molecule has 0 aromatic heterocycles. The van der Waals surface area contributed by atoms with Crippen LogP contribution in [0.1, 0.15) is 19.8 Å². The molecule has 0 aromatic rings. The van der Waals surface area contributed by atoms with Gasteiger partial charge >= 0.3 is 6.09 Å². The zero-order chi connectivity index (χ0) is 9.40. The topological polar surface area (TPSA) is 58.6 Å². The van der Waals surface area contributed by atoms with Crippen molar-refractivity contribution in [2.45, 2.75) is 25.9 Å². The van der Waals surface area contributed by atoms with Crippen LogP contribution in [0.4, 0.5) is 4.79 Å². The quantitative estimate of drug-likeness (QED) is 0.479. The Morgan fingerprint density at radius 1 is 1.83 bits per heavy atom. The van der Waals surface area contributed by atoms with Crippen LogP contribution in [0.3, 0.4) is 0 Å². The number of amides is 1. The summed E-state index contributed by atoms with van der Waals surface area (Å²) in [7, 11) is 0. The minimum absolute atomic E-state index is 0.00444. The smallest absolute Gasteiger partial charge is 0.406 e. The van der Waals surface area contributed by atoms with Crippen LogP contribution >= 0.6 is 0 Å². The van der Waals surface area contributed by atoms with Gasteiger partial charge in [0.2, 0.25) is 0 Å². The molecule has 0 radical (unpaired) electrons. The third kappa shape index (κ3) is 5.57. The molecule has 12 heavy (non-hydrogen) atoms. The molecule has 0 fully saturated rings. The van der Waals surface area contributed by atoms with Crippen molar-refractivity contribution in [1.29, 1.82) is 0 Å². The van der Waals surface area contributed by atoms with E-state index in [4.69, 9.17) is 16.3 Å². The molecule has 0 saturated heterocycles. The van der Waals surface area contributed by atoms with E-state index in [9.17, 15) is 4.79 Å². The zero-order valence-corrected chi connectivity index (χ0v) is 7.04. The van der Waals surface area contributed by atoms with E-state index < -0.39 is 6.09 Å². The maximum atomic E-state index is 10.00. The zero-order valence-electron chi connectivity index (χ0n) is 7.04. The number of carbonyl (C=O) groups is 1. The van der Waals surface area contributed by atoms with Crippen molar-refractivity contribution in [2.75, 3.05) is 6.73 Å². The monoisotopic (exact) mass is 171 g/mol. The summed E-state index contributed by atoms with van der Waals surface area (Å²) in [5, 5.41) is 10.3. The van der Waals surface area contributed by atoms with Crippen molar-refractivity contribution in [3.05, 3.63) is 0 Å². The van der Waals surface area contributed by atoms with E-state index in [1.807, 2.05) is 6.92 Å². The molecular weight excluding hydrogens is 158 g/mol. The van der Waals surface area contributed by atoms with Crippen LogP contribution in [0, 0.1) is 12.3 Å². The van der Waals surface area contributed by atoms with E-state index in [0.29, 0.717) is 6.42 Å². The molecule has 2 N–H and O–H groups in total. The van der Waals surface area contributed by atoms with Crippen LogP contribution < -0.4 is 5.32 Å². The van der Waals surface area contributed by atoms with Crippen molar-refractivity contribution in [2.24, 2.45) is 0 Å². The number of carboxylic acid groups (broad SMARTS) is 1. The summed E-state index contributed by atoms with van der Waals surface area (Å²) in [5.41, 5.74) is 0. The van der Waals surface area contributed by atoms with E-state index in [2.05, 4.69) is 11.2 Å². The average Bonchev–Trinajstić information content (AvgIpc) is 2.02. The fraction of sp³-hybridized carbons (Fsp3) is 0.625. The van der Waals surface area contributed by atoms with Gasteiger partial charge in [-0.1, -0.05) is 6.92 Å². The molecule has 0 heterocycles. The van der Waals surface area contributed by atoms with Crippen LogP contribution in [0.15, 0.2) is 0 Å². The summed E-state index contributed by atoms with van der Waals surface area (Å²) in [6.45, 7) is 1.93. The highest BCUT2D eigenvalue weighted by Crippen LogP contribution is 2.00. The van der Waals surface area contributed by atoms with Crippen LogP contribution in [0.5, 0.6) is 0 Å². The highest BCUT2D eigenvalue weighted by molar-refractivity contribution is 5.64. The van der Waals surface area contributed by atoms with Crippen molar-refractivity contribution in [3.63, 3.8) is 0 Å². The average molecular weight is 171 g/mol. The highest BCUT2D eigenvalue weighted by atomic mass is 16.5. The van der Waals surface area contributed by atoms with Gasteiger partial charge in [0.05, 0.1) is 6.10 Å². The first kappa shape index (κ1) is 10.8. The number of terminal acetylenes is 1. The second-order valence-corrected chi connectivity index (χ2v) is 2.23. The second-order valence-electron chi connectivity index (χ2n) is 2.23. The fourth-order valence-electron chi connectivity index (χ4n) is 0.674. The predicted octanol–water partition coefficient (Wildman–Crippen LogP) is 1.03. The maximum Gasteiger partial charge on any atom is 0.406 e. The second kappa shape index (κ2) is 6.50. The van der Waals surface area contributed by atoms with Gasteiger partial charge in [-0.3, -0.25) is 5.32 Å². The lowest BCUT2D eigenvalue weighted by Gasteiger charge is -2.12. The molecule has 1 unspecified atom stereocenters. The van der Waals surface area contributed by atoms with Crippen molar-refractivity contribution >= 4 is 6.09 Å². The Kier molecular flexibility index (Phi) is 5.84. The van der Waals surface area contributed by atoms with Crippen LogP contribution in [-0.2, 0) is 4.74 Å². The van der Waals surface area contributed by atoms with Gasteiger partial charge in [-0.15, -0.1) is 12.3 Å².